The minimum atomic E-state index is -1.17. The number of rotatable bonds is 3. The smallest absolute Gasteiger partial charge is 0.331 e. The summed E-state index contributed by atoms with van der Waals surface area (Å²) in [5.41, 5.74) is 5.25. The number of aliphatic carboxylic acids is 1. The summed E-state index contributed by atoms with van der Waals surface area (Å²) in [7, 11) is 0. The van der Waals surface area contributed by atoms with Gasteiger partial charge in [0.15, 0.2) is 6.04 Å². The number of carboxylic acid groups (broad SMARTS) is 1. The predicted molar refractivity (Wildman–Crippen MR) is 72.8 cm³/mol. The first kappa shape index (κ1) is 13.3. The van der Waals surface area contributed by atoms with Gasteiger partial charge in [-0.1, -0.05) is 28.1 Å². The van der Waals surface area contributed by atoms with Crippen molar-refractivity contribution in [3.8, 4) is 0 Å². The van der Waals surface area contributed by atoms with Gasteiger partial charge in [0, 0.05) is 4.47 Å². The summed E-state index contributed by atoms with van der Waals surface area (Å²) < 4.78 is 1.72. The van der Waals surface area contributed by atoms with Crippen molar-refractivity contribution in [3.05, 3.63) is 57.2 Å². The van der Waals surface area contributed by atoms with Gasteiger partial charge in [-0.2, -0.15) is 0 Å². The highest BCUT2D eigenvalue weighted by molar-refractivity contribution is 9.10. The van der Waals surface area contributed by atoms with E-state index in [2.05, 4.69) is 20.9 Å². The van der Waals surface area contributed by atoms with Gasteiger partial charge in [-0.05, 0) is 17.7 Å². The monoisotopic (exact) mass is 323 g/mol. The van der Waals surface area contributed by atoms with Crippen LogP contribution in [0.4, 0.5) is 5.69 Å². The Morgan fingerprint density at radius 1 is 1.47 bits per heavy atom. The minimum absolute atomic E-state index is 0.0938. The number of hydrogen-bond donors (Lipinski definition) is 2. The zero-order valence-corrected chi connectivity index (χ0v) is 11.2. The number of halogens is 1. The van der Waals surface area contributed by atoms with Gasteiger partial charge >= 0.3 is 5.97 Å². The Bertz CT molecular complexity index is 684. The lowest BCUT2D eigenvalue weighted by atomic mass is 10.1. The predicted octanol–water partition coefficient (Wildman–Crippen LogP) is 1.26. The van der Waals surface area contributed by atoms with E-state index in [0.29, 0.717) is 5.56 Å². The number of carbonyl (C=O) groups is 1. The largest absolute Gasteiger partial charge is 0.479 e. The van der Waals surface area contributed by atoms with E-state index in [1.54, 1.807) is 24.3 Å². The van der Waals surface area contributed by atoms with E-state index < -0.39 is 17.6 Å². The third-order valence-electron chi connectivity index (χ3n) is 2.56. The summed E-state index contributed by atoms with van der Waals surface area (Å²) in [6.07, 6.45) is 2.36. The minimum Gasteiger partial charge on any atom is -0.479 e. The van der Waals surface area contributed by atoms with Crippen molar-refractivity contribution in [2.45, 2.75) is 6.04 Å². The number of nitrogen functional groups attached to an aromatic ring is 1. The molecule has 0 fully saturated rings. The van der Waals surface area contributed by atoms with Crippen molar-refractivity contribution in [3.63, 3.8) is 0 Å². The average Bonchev–Trinajstić information content (AvgIpc) is 2.34. The van der Waals surface area contributed by atoms with Crippen LogP contribution in [0.1, 0.15) is 11.6 Å². The molecule has 0 saturated heterocycles. The maximum Gasteiger partial charge on any atom is 0.331 e. The molecule has 1 aromatic heterocycles. The van der Waals surface area contributed by atoms with Gasteiger partial charge in [0.1, 0.15) is 5.69 Å². The molecule has 1 atom stereocenters. The Kier molecular flexibility index (Phi) is 3.66. The number of hydrogen-bond acceptors (Lipinski definition) is 4. The molecule has 0 aliphatic heterocycles. The first-order valence-electron chi connectivity index (χ1n) is 5.30. The highest BCUT2D eigenvalue weighted by atomic mass is 79.9. The Labute approximate surface area is 116 Å². The van der Waals surface area contributed by atoms with Crippen LogP contribution < -0.4 is 11.3 Å². The molecule has 6 nitrogen and oxygen atoms in total. The lowest BCUT2D eigenvalue weighted by Crippen LogP contribution is -2.32. The SMILES string of the molecule is Nc1cncn(C(C(=O)O)c2cccc(Br)c2)c1=O. The quantitative estimate of drug-likeness (QED) is 0.886. The maximum atomic E-state index is 11.9. The molecule has 0 saturated carbocycles. The lowest BCUT2D eigenvalue weighted by molar-refractivity contribution is -0.139. The van der Waals surface area contributed by atoms with Gasteiger partial charge in [0.25, 0.3) is 5.56 Å². The Hall–Kier alpha value is -2.15. The van der Waals surface area contributed by atoms with Crippen LogP contribution in [0.2, 0.25) is 0 Å². The first-order valence-corrected chi connectivity index (χ1v) is 6.10. The zero-order valence-electron chi connectivity index (χ0n) is 9.65. The third-order valence-corrected chi connectivity index (χ3v) is 3.06. The fraction of sp³-hybridized carbons (Fsp3) is 0.0833. The number of carboxylic acids is 1. The average molecular weight is 324 g/mol. The van der Waals surface area contributed by atoms with Crippen LogP contribution in [0.3, 0.4) is 0 Å². The number of anilines is 1. The van der Waals surface area contributed by atoms with E-state index in [9.17, 15) is 14.7 Å². The van der Waals surface area contributed by atoms with E-state index in [1.807, 2.05) is 0 Å². The molecule has 1 aromatic carbocycles. The molecule has 0 amide bonds. The van der Waals surface area contributed by atoms with Crippen molar-refractivity contribution < 1.29 is 9.90 Å². The lowest BCUT2D eigenvalue weighted by Gasteiger charge is -2.16. The summed E-state index contributed by atoms with van der Waals surface area (Å²) in [5.74, 6) is -1.16. The van der Waals surface area contributed by atoms with E-state index >= 15 is 0 Å². The number of nitrogens with zero attached hydrogens (tertiary/aromatic N) is 2. The molecule has 98 valence electrons. The summed E-state index contributed by atoms with van der Waals surface area (Å²) in [5, 5.41) is 9.34. The molecule has 7 heteroatoms. The molecule has 0 radical (unpaired) electrons. The highest BCUT2D eigenvalue weighted by Crippen LogP contribution is 2.21. The third kappa shape index (κ3) is 2.65. The van der Waals surface area contributed by atoms with E-state index in [1.165, 1.54) is 12.5 Å². The molecule has 1 heterocycles. The normalized spacial score (nSPS) is 12.1. The van der Waals surface area contributed by atoms with Crippen molar-refractivity contribution in [2.24, 2.45) is 0 Å². The molecule has 0 bridgehead atoms. The van der Waals surface area contributed by atoms with E-state index in [-0.39, 0.29) is 5.69 Å². The zero-order chi connectivity index (χ0) is 14.0. The Morgan fingerprint density at radius 3 is 2.84 bits per heavy atom. The Morgan fingerprint density at radius 2 is 2.21 bits per heavy atom. The van der Waals surface area contributed by atoms with E-state index in [0.717, 1.165) is 9.04 Å². The van der Waals surface area contributed by atoms with Crippen LogP contribution in [0.15, 0.2) is 46.1 Å². The van der Waals surface area contributed by atoms with Gasteiger partial charge in [0.2, 0.25) is 0 Å². The van der Waals surface area contributed by atoms with Crippen LogP contribution in [0, 0.1) is 0 Å². The van der Waals surface area contributed by atoms with Crippen molar-refractivity contribution in [1.29, 1.82) is 0 Å². The first-order chi connectivity index (χ1) is 9.00. The topological polar surface area (TPSA) is 98.2 Å². The van der Waals surface area contributed by atoms with Gasteiger partial charge in [-0.3, -0.25) is 9.36 Å². The Balaban J connectivity index is 2.62. The molecule has 3 N–H and O–H groups in total. The standard InChI is InChI=1S/C12H10BrN3O3/c13-8-3-1-2-7(4-8)10(12(18)19)16-6-15-5-9(14)11(16)17/h1-6,10H,14H2,(H,18,19). The summed E-state index contributed by atoms with van der Waals surface area (Å²) >= 11 is 3.26. The fourth-order valence-corrected chi connectivity index (χ4v) is 2.14. The molecular formula is C12H10BrN3O3. The van der Waals surface area contributed by atoms with Gasteiger partial charge in [0.05, 0.1) is 12.5 Å². The second kappa shape index (κ2) is 5.23. The molecule has 0 aliphatic rings. The molecule has 0 aliphatic carbocycles. The fourth-order valence-electron chi connectivity index (χ4n) is 1.72. The van der Waals surface area contributed by atoms with E-state index in [4.69, 9.17) is 5.73 Å². The van der Waals surface area contributed by atoms with Gasteiger partial charge < -0.3 is 10.8 Å². The van der Waals surface area contributed by atoms with Crippen LogP contribution in [-0.4, -0.2) is 20.6 Å². The van der Waals surface area contributed by atoms with Crippen molar-refractivity contribution in [1.82, 2.24) is 9.55 Å². The molecular weight excluding hydrogens is 314 g/mol. The van der Waals surface area contributed by atoms with Gasteiger partial charge in [-0.25, -0.2) is 9.78 Å². The molecule has 2 rings (SSSR count). The summed E-state index contributed by atoms with van der Waals surface area (Å²) in [6, 6.07) is 5.55. The number of benzene rings is 1. The maximum absolute atomic E-state index is 11.9. The van der Waals surface area contributed by atoms with Gasteiger partial charge in [-0.15, -0.1) is 0 Å². The van der Waals surface area contributed by atoms with Crippen LogP contribution >= 0.6 is 15.9 Å². The number of nitrogens with two attached hydrogens (primary N) is 1. The van der Waals surface area contributed by atoms with Crippen LogP contribution in [0.5, 0.6) is 0 Å². The highest BCUT2D eigenvalue weighted by Gasteiger charge is 2.23. The summed E-state index contributed by atoms with van der Waals surface area (Å²) in [4.78, 5) is 27.1. The summed E-state index contributed by atoms with van der Waals surface area (Å²) in [6.45, 7) is 0. The van der Waals surface area contributed by atoms with Crippen molar-refractivity contribution >= 4 is 27.6 Å². The second-order valence-corrected chi connectivity index (χ2v) is 4.77. The molecule has 0 spiro atoms. The van der Waals surface area contributed by atoms with Crippen LogP contribution in [-0.2, 0) is 4.79 Å². The second-order valence-electron chi connectivity index (χ2n) is 3.86. The van der Waals surface area contributed by atoms with Crippen molar-refractivity contribution in [2.75, 3.05) is 5.73 Å². The molecule has 2 aromatic rings. The molecule has 19 heavy (non-hydrogen) atoms. The molecule has 1 unspecified atom stereocenters. The number of aromatic nitrogens is 2. The van der Waals surface area contributed by atoms with Crippen LogP contribution in [0.25, 0.3) is 0 Å².